The molecule has 0 aliphatic heterocycles. The molecule has 3 aromatic carbocycles. The Morgan fingerprint density at radius 3 is 2.14 bits per heavy atom. The van der Waals surface area contributed by atoms with Gasteiger partial charge >= 0.3 is 5.97 Å². The van der Waals surface area contributed by atoms with E-state index in [2.05, 4.69) is 0 Å². The molecular formula is C24H24O5. The predicted octanol–water partition coefficient (Wildman–Crippen LogP) is 3.60. The minimum atomic E-state index is -1.69. The topological polar surface area (TPSA) is 76.0 Å². The molecule has 0 fully saturated rings. The van der Waals surface area contributed by atoms with E-state index in [0.717, 1.165) is 0 Å². The highest BCUT2D eigenvalue weighted by molar-refractivity contribution is 5.77. The van der Waals surface area contributed by atoms with Crippen molar-refractivity contribution in [3.05, 3.63) is 102 Å². The summed E-state index contributed by atoms with van der Waals surface area (Å²) in [6.07, 6.45) is -1.00. The van der Waals surface area contributed by atoms with E-state index in [1.165, 1.54) is 0 Å². The first kappa shape index (κ1) is 20.6. The molecule has 2 unspecified atom stereocenters. The molecule has 5 heteroatoms. The molecule has 2 N–H and O–H groups in total. The fourth-order valence-corrected chi connectivity index (χ4v) is 3.18. The lowest BCUT2D eigenvalue weighted by Crippen LogP contribution is -2.33. The first-order valence-electron chi connectivity index (χ1n) is 9.46. The molecule has 2 atom stereocenters. The van der Waals surface area contributed by atoms with E-state index in [1.807, 2.05) is 24.3 Å². The largest absolute Gasteiger partial charge is 0.474 e. The molecule has 0 spiro atoms. The van der Waals surface area contributed by atoms with E-state index in [0.29, 0.717) is 16.7 Å². The highest BCUT2D eigenvalue weighted by Crippen LogP contribution is 2.37. The van der Waals surface area contributed by atoms with E-state index in [1.54, 1.807) is 67.6 Å². The maximum Gasteiger partial charge on any atom is 0.352 e. The lowest BCUT2D eigenvalue weighted by Gasteiger charge is -2.30. The Morgan fingerprint density at radius 1 is 0.931 bits per heavy atom. The summed E-state index contributed by atoms with van der Waals surface area (Å²) in [7, 11) is 0. The van der Waals surface area contributed by atoms with Crippen molar-refractivity contribution < 1.29 is 24.5 Å². The maximum absolute atomic E-state index is 12.6. The summed E-state index contributed by atoms with van der Waals surface area (Å²) in [6.45, 7) is 1.40. The third kappa shape index (κ3) is 4.47. The van der Waals surface area contributed by atoms with Crippen molar-refractivity contribution in [3.63, 3.8) is 0 Å². The van der Waals surface area contributed by atoms with Crippen molar-refractivity contribution in [2.45, 2.75) is 18.6 Å². The summed E-state index contributed by atoms with van der Waals surface area (Å²) in [5.41, 5.74) is -0.175. The molecule has 0 aromatic heterocycles. The van der Waals surface area contributed by atoms with Crippen LogP contribution in [0.25, 0.3) is 0 Å². The number of rotatable bonds is 8. The SMILES string of the molecule is CCOC(=O)C(Oc1ccccc1C(O)(CO)c1ccccc1)c1ccccc1. The zero-order chi connectivity index (χ0) is 20.7. The van der Waals surface area contributed by atoms with E-state index in [4.69, 9.17) is 9.47 Å². The third-order valence-corrected chi connectivity index (χ3v) is 4.66. The van der Waals surface area contributed by atoms with Gasteiger partial charge in [-0.15, -0.1) is 0 Å². The minimum Gasteiger partial charge on any atom is -0.474 e. The molecular weight excluding hydrogens is 368 g/mol. The number of aliphatic hydroxyl groups is 2. The van der Waals surface area contributed by atoms with E-state index >= 15 is 0 Å². The number of hydrogen-bond donors (Lipinski definition) is 2. The van der Waals surface area contributed by atoms with E-state index in [9.17, 15) is 15.0 Å². The highest BCUT2D eigenvalue weighted by Gasteiger charge is 2.35. The van der Waals surface area contributed by atoms with Crippen molar-refractivity contribution in [2.75, 3.05) is 13.2 Å². The predicted molar refractivity (Wildman–Crippen MR) is 109 cm³/mol. The van der Waals surface area contributed by atoms with Crippen LogP contribution >= 0.6 is 0 Å². The molecule has 0 radical (unpaired) electrons. The number of para-hydroxylation sites is 1. The molecule has 29 heavy (non-hydrogen) atoms. The van der Waals surface area contributed by atoms with Crippen LogP contribution in [0.3, 0.4) is 0 Å². The van der Waals surface area contributed by atoms with Crippen molar-refractivity contribution in [1.82, 2.24) is 0 Å². The van der Waals surface area contributed by atoms with E-state index in [-0.39, 0.29) is 12.4 Å². The van der Waals surface area contributed by atoms with Crippen LogP contribution in [0.4, 0.5) is 0 Å². The summed E-state index contributed by atoms with van der Waals surface area (Å²) in [5, 5.41) is 21.4. The number of carbonyl (C=O) groups excluding carboxylic acids is 1. The number of benzene rings is 3. The molecule has 0 bridgehead atoms. The normalized spacial score (nSPS) is 13.9. The average molecular weight is 392 g/mol. The van der Waals surface area contributed by atoms with Crippen LogP contribution in [0.2, 0.25) is 0 Å². The van der Waals surface area contributed by atoms with Gasteiger partial charge in [-0.25, -0.2) is 4.79 Å². The molecule has 0 saturated carbocycles. The van der Waals surface area contributed by atoms with Crippen LogP contribution in [-0.4, -0.2) is 29.4 Å². The standard InChI is InChI=1S/C24H24O5/c1-2-28-23(26)22(18-11-5-3-6-12-18)29-21-16-10-9-15-20(21)24(27,17-25)19-13-7-4-8-14-19/h3-16,22,25,27H,2,17H2,1H3. The van der Waals surface area contributed by atoms with Gasteiger partial charge in [0.25, 0.3) is 0 Å². The Kier molecular flexibility index (Phi) is 6.65. The lowest BCUT2D eigenvalue weighted by molar-refractivity contribution is -0.151. The smallest absolute Gasteiger partial charge is 0.352 e. The highest BCUT2D eigenvalue weighted by atomic mass is 16.6. The fourth-order valence-electron chi connectivity index (χ4n) is 3.18. The Balaban J connectivity index is 2.04. The van der Waals surface area contributed by atoms with Crippen LogP contribution in [0.1, 0.15) is 29.7 Å². The van der Waals surface area contributed by atoms with Crippen LogP contribution < -0.4 is 4.74 Å². The van der Waals surface area contributed by atoms with Gasteiger partial charge in [0.1, 0.15) is 11.4 Å². The van der Waals surface area contributed by atoms with Gasteiger partial charge in [0.05, 0.1) is 13.2 Å². The second kappa shape index (κ2) is 9.37. The van der Waals surface area contributed by atoms with Crippen LogP contribution in [0.5, 0.6) is 5.75 Å². The average Bonchev–Trinajstić information content (AvgIpc) is 2.78. The first-order chi connectivity index (χ1) is 14.1. The van der Waals surface area contributed by atoms with Gasteiger partial charge in [-0.3, -0.25) is 0 Å². The van der Waals surface area contributed by atoms with Gasteiger partial charge in [0.2, 0.25) is 6.10 Å². The lowest BCUT2D eigenvalue weighted by atomic mass is 9.86. The Labute approximate surface area is 170 Å². The Bertz CT molecular complexity index is 926. The monoisotopic (exact) mass is 392 g/mol. The van der Waals surface area contributed by atoms with Gasteiger partial charge in [0.15, 0.2) is 0 Å². The van der Waals surface area contributed by atoms with Gasteiger partial charge < -0.3 is 19.7 Å². The maximum atomic E-state index is 12.6. The van der Waals surface area contributed by atoms with Crippen LogP contribution in [0.15, 0.2) is 84.9 Å². The number of ether oxygens (including phenoxy) is 2. The Hall–Kier alpha value is -3.15. The third-order valence-electron chi connectivity index (χ3n) is 4.66. The number of hydrogen-bond acceptors (Lipinski definition) is 5. The molecule has 0 aliphatic rings. The zero-order valence-electron chi connectivity index (χ0n) is 16.2. The number of aliphatic hydroxyl groups excluding tert-OH is 1. The van der Waals surface area contributed by atoms with Crippen molar-refractivity contribution in [3.8, 4) is 5.75 Å². The van der Waals surface area contributed by atoms with Gasteiger partial charge in [0, 0.05) is 11.1 Å². The number of esters is 1. The zero-order valence-corrected chi connectivity index (χ0v) is 16.2. The van der Waals surface area contributed by atoms with Crippen molar-refractivity contribution in [1.29, 1.82) is 0 Å². The minimum absolute atomic E-state index is 0.220. The summed E-state index contributed by atoms with van der Waals surface area (Å²) >= 11 is 0. The fraction of sp³-hybridized carbons (Fsp3) is 0.208. The molecule has 0 aliphatic carbocycles. The van der Waals surface area contributed by atoms with Gasteiger partial charge in [-0.1, -0.05) is 78.9 Å². The van der Waals surface area contributed by atoms with Crippen LogP contribution in [0, 0.1) is 0 Å². The summed E-state index contributed by atoms with van der Waals surface area (Å²) in [5.74, 6) is -0.240. The molecule has 0 amide bonds. The van der Waals surface area contributed by atoms with Gasteiger partial charge in [-0.05, 0) is 18.6 Å². The molecule has 5 nitrogen and oxygen atoms in total. The molecule has 3 aromatic rings. The summed E-state index contributed by atoms with van der Waals surface area (Å²) < 4.78 is 11.3. The molecule has 0 heterocycles. The molecule has 3 rings (SSSR count). The molecule has 150 valence electrons. The van der Waals surface area contributed by atoms with E-state index < -0.39 is 24.3 Å². The van der Waals surface area contributed by atoms with Crippen molar-refractivity contribution in [2.24, 2.45) is 0 Å². The van der Waals surface area contributed by atoms with Crippen molar-refractivity contribution >= 4 is 5.97 Å². The summed E-state index contributed by atoms with van der Waals surface area (Å²) in [6, 6.07) is 24.7. The molecule has 0 saturated heterocycles. The second-order valence-corrected chi connectivity index (χ2v) is 6.54. The quantitative estimate of drug-likeness (QED) is 0.573. The Morgan fingerprint density at radius 2 is 1.52 bits per heavy atom. The summed E-state index contributed by atoms with van der Waals surface area (Å²) in [4.78, 5) is 12.6. The number of carbonyl (C=O) groups is 1. The van der Waals surface area contributed by atoms with Crippen LogP contribution in [-0.2, 0) is 15.1 Å². The van der Waals surface area contributed by atoms with Gasteiger partial charge in [-0.2, -0.15) is 0 Å². The first-order valence-corrected chi connectivity index (χ1v) is 9.46. The second-order valence-electron chi connectivity index (χ2n) is 6.54.